The van der Waals surface area contributed by atoms with E-state index in [0.717, 1.165) is 18.7 Å². The molecule has 0 bridgehead atoms. The summed E-state index contributed by atoms with van der Waals surface area (Å²) in [5.74, 6) is 0. The number of nitrogens with two attached hydrogens (primary N) is 1. The molecule has 4 rings (SSSR count). The summed E-state index contributed by atoms with van der Waals surface area (Å²) in [7, 11) is 0.949. The molecule has 0 unspecified atom stereocenters. The van der Waals surface area contributed by atoms with Gasteiger partial charge in [-0.1, -0.05) is 59.0 Å². The van der Waals surface area contributed by atoms with Crippen LogP contribution in [-0.2, 0) is 0 Å². The Morgan fingerprint density at radius 2 is 1.68 bits per heavy atom. The number of hydrogen-bond donors (Lipinski definition) is 2. The Labute approximate surface area is 131 Å². The van der Waals surface area contributed by atoms with Crippen molar-refractivity contribution in [3.8, 4) is 11.1 Å². The van der Waals surface area contributed by atoms with Crippen LogP contribution in [0.5, 0.6) is 0 Å². The number of benzene rings is 3. The molecule has 0 saturated carbocycles. The molecule has 106 valence electrons. The summed E-state index contributed by atoms with van der Waals surface area (Å²) in [6.07, 6.45) is 0. The van der Waals surface area contributed by atoms with Crippen LogP contribution in [0.4, 0.5) is 17.1 Å². The van der Waals surface area contributed by atoms with E-state index in [1.807, 2.05) is 18.2 Å². The van der Waals surface area contributed by atoms with Crippen LogP contribution in [-0.4, -0.2) is 7.28 Å². The van der Waals surface area contributed by atoms with Crippen LogP contribution in [0.25, 0.3) is 11.1 Å². The number of rotatable bonds is 1. The summed E-state index contributed by atoms with van der Waals surface area (Å²) >= 11 is 0. The van der Waals surface area contributed by atoms with Gasteiger partial charge in [0, 0.05) is 17.1 Å². The Balaban J connectivity index is 1.78. The molecule has 3 aromatic rings. The smallest absolute Gasteiger partial charge is 0.198 e. The van der Waals surface area contributed by atoms with Crippen LogP contribution < -0.4 is 22.0 Å². The number of nitrogen functional groups attached to an aromatic ring is 1. The van der Waals surface area contributed by atoms with Crippen LogP contribution in [0, 0.1) is 6.92 Å². The quantitative estimate of drug-likeness (QED) is 0.416. The van der Waals surface area contributed by atoms with E-state index in [1.54, 1.807) is 0 Å². The van der Waals surface area contributed by atoms with Crippen molar-refractivity contribution in [3.05, 3.63) is 66.2 Å². The first-order chi connectivity index (χ1) is 10.7. The normalized spacial score (nSPS) is 11.9. The molecule has 22 heavy (non-hydrogen) atoms. The van der Waals surface area contributed by atoms with Crippen LogP contribution in [0.1, 0.15) is 5.56 Å². The summed E-state index contributed by atoms with van der Waals surface area (Å²) in [6, 6.07) is 21.2. The molecule has 0 amide bonds. The fraction of sp³-hybridized carbons (Fsp3) is 0.0526. The van der Waals surface area contributed by atoms with Gasteiger partial charge in [-0.25, -0.2) is 0 Å². The Morgan fingerprint density at radius 1 is 0.864 bits per heavy atom. The highest BCUT2D eigenvalue weighted by molar-refractivity contribution is 6.72. The highest BCUT2D eigenvalue weighted by Gasteiger charge is 2.18. The van der Waals surface area contributed by atoms with Crippen LogP contribution in [0.2, 0.25) is 0 Å². The second kappa shape index (κ2) is 4.95. The SMILES string of the molecule is Cc1cc(N)cc2c1Bc1cc(-c3ccccc3)ccc1N2. The lowest BCUT2D eigenvalue weighted by Crippen LogP contribution is -2.37. The maximum Gasteiger partial charge on any atom is 0.198 e. The molecule has 0 aromatic heterocycles. The second-order valence-corrected chi connectivity index (χ2v) is 5.90. The number of anilines is 3. The summed E-state index contributed by atoms with van der Waals surface area (Å²) < 4.78 is 0. The fourth-order valence-electron chi connectivity index (χ4n) is 3.20. The largest absolute Gasteiger partial charge is 0.399 e. The molecule has 1 heterocycles. The summed E-state index contributed by atoms with van der Waals surface area (Å²) in [5.41, 5.74) is 15.5. The van der Waals surface area contributed by atoms with Crippen molar-refractivity contribution in [2.45, 2.75) is 6.92 Å². The summed E-state index contributed by atoms with van der Waals surface area (Å²) in [4.78, 5) is 0. The number of fused-ring (bicyclic) bond motifs is 2. The highest BCUT2D eigenvalue weighted by Crippen LogP contribution is 2.25. The van der Waals surface area contributed by atoms with Gasteiger partial charge >= 0.3 is 0 Å². The van der Waals surface area contributed by atoms with E-state index in [2.05, 4.69) is 54.7 Å². The van der Waals surface area contributed by atoms with Gasteiger partial charge in [0.15, 0.2) is 7.28 Å². The molecular weight excluding hydrogens is 267 g/mol. The standard InChI is InChI=1S/C19H17BN2/c1-12-9-15(21)11-18-19(12)20-16-10-14(7-8-17(16)22-18)13-5-3-2-4-6-13/h2-11,20,22H,21H2,1H3. The Morgan fingerprint density at radius 3 is 2.50 bits per heavy atom. The van der Waals surface area contributed by atoms with Gasteiger partial charge in [0.2, 0.25) is 0 Å². The average molecular weight is 284 g/mol. The highest BCUT2D eigenvalue weighted by atomic mass is 14.9. The molecule has 0 fully saturated rings. The number of nitrogens with one attached hydrogen (secondary N) is 1. The Bertz CT molecular complexity index is 857. The average Bonchev–Trinajstić information content (AvgIpc) is 2.53. The molecule has 0 aliphatic carbocycles. The molecule has 0 spiro atoms. The van der Waals surface area contributed by atoms with Gasteiger partial charge in [0.05, 0.1) is 0 Å². The molecule has 1 aliphatic rings. The molecule has 3 aromatic carbocycles. The maximum absolute atomic E-state index is 5.96. The van der Waals surface area contributed by atoms with Gasteiger partial charge in [0.25, 0.3) is 0 Å². The zero-order valence-corrected chi connectivity index (χ0v) is 12.6. The van der Waals surface area contributed by atoms with Crippen molar-refractivity contribution in [1.29, 1.82) is 0 Å². The van der Waals surface area contributed by atoms with E-state index in [0.29, 0.717) is 0 Å². The molecule has 1 aliphatic heterocycles. The van der Waals surface area contributed by atoms with Crippen LogP contribution in [0.3, 0.4) is 0 Å². The van der Waals surface area contributed by atoms with E-state index in [-0.39, 0.29) is 0 Å². The minimum absolute atomic E-state index is 0.813. The van der Waals surface area contributed by atoms with Crippen molar-refractivity contribution in [1.82, 2.24) is 0 Å². The van der Waals surface area contributed by atoms with Crippen LogP contribution in [0.15, 0.2) is 60.7 Å². The predicted molar refractivity (Wildman–Crippen MR) is 97.2 cm³/mol. The minimum Gasteiger partial charge on any atom is -0.399 e. The van der Waals surface area contributed by atoms with E-state index >= 15 is 0 Å². The first kappa shape index (κ1) is 13.0. The number of aryl methyl sites for hydroxylation is 1. The monoisotopic (exact) mass is 284 g/mol. The lowest BCUT2D eigenvalue weighted by Gasteiger charge is -2.23. The third-order valence-electron chi connectivity index (χ3n) is 4.34. The molecule has 0 saturated heterocycles. The van der Waals surface area contributed by atoms with Gasteiger partial charge in [-0.05, 0) is 36.2 Å². The van der Waals surface area contributed by atoms with Gasteiger partial charge in [-0.3, -0.25) is 0 Å². The zero-order valence-electron chi connectivity index (χ0n) is 12.6. The third-order valence-corrected chi connectivity index (χ3v) is 4.34. The maximum atomic E-state index is 5.96. The van der Waals surface area contributed by atoms with Crippen molar-refractivity contribution < 1.29 is 0 Å². The Hall–Kier alpha value is -2.68. The van der Waals surface area contributed by atoms with E-state index < -0.39 is 0 Å². The van der Waals surface area contributed by atoms with Crippen LogP contribution >= 0.6 is 0 Å². The number of hydrogen-bond acceptors (Lipinski definition) is 2. The summed E-state index contributed by atoms with van der Waals surface area (Å²) in [6.45, 7) is 2.13. The molecule has 0 atom stereocenters. The molecule has 3 N–H and O–H groups in total. The van der Waals surface area contributed by atoms with Gasteiger partial charge in [-0.15, -0.1) is 0 Å². The first-order valence-corrected chi connectivity index (χ1v) is 7.55. The molecule has 3 heteroatoms. The molecule has 0 radical (unpaired) electrons. The van der Waals surface area contributed by atoms with Crippen molar-refractivity contribution in [3.63, 3.8) is 0 Å². The van der Waals surface area contributed by atoms with Crippen molar-refractivity contribution in [2.24, 2.45) is 0 Å². The zero-order chi connectivity index (χ0) is 15.1. The van der Waals surface area contributed by atoms with E-state index in [1.165, 1.54) is 33.3 Å². The third kappa shape index (κ3) is 2.15. The van der Waals surface area contributed by atoms with Gasteiger partial charge in [-0.2, -0.15) is 0 Å². The van der Waals surface area contributed by atoms with Gasteiger partial charge < -0.3 is 11.1 Å². The van der Waals surface area contributed by atoms with Gasteiger partial charge in [0.1, 0.15) is 0 Å². The van der Waals surface area contributed by atoms with E-state index in [9.17, 15) is 0 Å². The second-order valence-electron chi connectivity index (χ2n) is 5.90. The van der Waals surface area contributed by atoms with E-state index in [4.69, 9.17) is 5.73 Å². The minimum atomic E-state index is 0.813. The fourth-order valence-corrected chi connectivity index (χ4v) is 3.20. The lowest BCUT2D eigenvalue weighted by molar-refractivity contribution is 1.48. The van der Waals surface area contributed by atoms with Crippen molar-refractivity contribution in [2.75, 3.05) is 11.1 Å². The molecule has 2 nitrogen and oxygen atoms in total. The predicted octanol–water partition coefficient (Wildman–Crippen LogP) is 2.69. The first-order valence-electron chi connectivity index (χ1n) is 7.55. The Kier molecular flexibility index (Phi) is 2.93. The molecular formula is C19H17BN2. The van der Waals surface area contributed by atoms with Crippen molar-refractivity contribution >= 4 is 35.3 Å². The summed E-state index contributed by atoms with van der Waals surface area (Å²) in [5, 5.41) is 3.52. The lowest BCUT2D eigenvalue weighted by atomic mass is 9.59. The topological polar surface area (TPSA) is 38.0 Å².